The van der Waals surface area contributed by atoms with E-state index in [9.17, 15) is 5.11 Å². The highest BCUT2D eigenvalue weighted by molar-refractivity contribution is 14.0. The number of aliphatic imine (C=N–C) groups is 1. The van der Waals surface area contributed by atoms with E-state index in [1.807, 2.05) is 30.3 Å². The minimum atomic E-state index is -0.658. The highest BCUT2D eigenvalue weighted by Crippen LogP contribution is 2.20. The summed E-state index contributed by atoms with van der Waals surface area (Å²) in [5.74, 6) is 1.60. The van der Waals surface area contributed by atoms with E-state index in [-0.39, 0.29) is 24.0 Å². The molecule has 0 radical (unpaired) electrons. The molecule has 0 aromatic heterocycles. The second-order valence-electron chi connectivity index (χ2n) is 6.80. The van der Waals surface area contributed by atoms with Crippen LogP contribution in [0.4, 0.5) is 5.69 Å². The van der Waals surface area contributed by atoms with Gasteiger partial charge in [-0.2, -0.15) is 0 Å². The van der Waals surface area contributed by atoms with Crippen molar-refractivity contribution < 1.29 is 9.84 Å². The van der Waals surface area contributed by atoms with E-state index in [0.717, 1.165) is 50.0 Å². The molecule has 1 heterocycles. The van der Waals surface area contributed by atoms with E-state index in [1.54, 1.807) is 7.11 Å². The first kappa shape index (κ1) is 23.3. The van der Waals surface area contributed by atoms with Crippen LogP contribution >= 0.6 is 24.0 Å². The minimum absolute atomic E-state index is 0. The second-order valence-corrected chi connectivity index (χ2v) is 6.80. The van der Waals surface area contributed by atoms with Gasteiger partial charge in [0.15, 0.2) is 5.96 Å². The van der Waals surface area contributed by atoms with Crippen LogP contribution in [0.25, 0.3) is 0 Å². The van der Waals surface area contributed by atoms with Crippen molar-refractivity contribution in [3.05, 3.63) is 60.2 Å². The average Bonchev–Trinajstić information content (AvgIpc) is 2.77. The molecule has 1 aliphatic rings. The zero-order valence-corrected chi connectivity index (χ0v) is 19.5. The molecule has 0 bridgehead atoms. The number of para-hydroxylation sites is 1. The van der Waals surface area contributed by atoms with Crippen molar-refractivity contribution in [1.29, 1.82) is 0 Å². The summed E-state index contributed by atoms with van der Waals surface area (Å²) in [7, 11) is 1.63. The summed E-state index contributed by atoms with van der Waals surface area (Å²) in [6.07, 6.45) is -0.658. The Hall–Kier alpha value is -2.00. The number of hydrogen-bond acceptors (Lipinski definition) is 4. The molecule has 0 saturated carbocycles. The Morgan fingerprint density at radius 3 is 2.48 bits per heavy atom. The smallest absolute Gasteiger partial charge is 0.194 e. The predicted molar refractivity (Wildman–Crippen MR) is 130 cm³/mol. The summed E-state index contributed by atoms with van der Waals surface area (Å²) in [6, 6.07) is 18.0. The number of anilines is 1. The van der Waals surface area contributed by atoms with Crippen LogP contribution in [0, 0.1) is 0 Å². The molecule has 1 saturated heterocycles. The van der Waals surface area contributed by atoms with Crippen LogP contribution in [0.3, 0.4) is 0 Å². The van der Waals surface area contributed by atoms with Crippen molar-refractivity contribution in [2.24, 2.45) is 4.99 Å². The van der Waals surface area contributed by atoms with Gasteiger partial charge >= 0.3 is 0 Å². The lowest BCUT2D eigenvalue weighted by atomic mass is 10.1. The molecule has 1 atom stereocenters. The fourth-order valence-corrected chi connectivity index (χ4v) is 3.37. The van der Waals surface area contributed by atoms with Gasteiger partial charge < -0.3 is 25.0 Å². The van der Waals surface area contributed by atoms with Gasteiger partial charge in [-0.1, -0.05) is 30.3 Å². The summed E-state index contributed by atoms with van der Waals surface area (Å²) in [5, 5.41) is 13.9. The molecule has 2 N–H and O–H groups in total. The Kier molecular flexibility index (Phi) is 9.53. The summed E-state index contributed by atoms with van der Waals surface area (Å²) in [5.41, 5.74) is 2.07. The molecule has 3 rings (SSSR count). The first-order valence-corrected chi connectivity index (χ1v) is 9.86. The molecule has 0 amide bonds. The first-order chi connectivity index (χ1) is 13.7. The number of piperazine rings is 1. The molecule has 29 heavy (non-hydrogen) atoms. The Labute approximate surface area is 190 Å². The van der Waals surface area contributed by atoms with Gasteiger partial charge in [-0.05, 0) is 36.8 Å². The maximum Gasteiger partial charge on any atom is 0.194 e. The number of ether oxygens (including phenoxy) is 1. The molecule has 0 spiro atoms. The van der Waals surface area contributed by atoms with Crippen molar-refractivity contribution >= 4 is 35.6 Å². The van der Waals surface area contributed by atoms with Crippen LogP contribution in [-0.2, 0) is 0 Å². The highest BCUT2D eigenvalue weighted by Gasteiger charge is 2.20. The largest absolute Gasteiger partial charge is 0.497 e. The van der Waals surface area contributed by atoms with E-state index < -0.39 is 6.10 Å². The summed E-state index contributed by atoms with van der Waals surface area (Å²) in [4.78, 5) is 9.35. The molecule has 1 fully saturated rings. The van der Waals surface area contributed by atoms with Gasteiger partial charge in [0.25, 0.3) is 0 Å². The van der Waals surface area contributed by atoms with Crippen molar-refractivity contribution in [3.8, 4) is 5.75 Å². The van der Waals surface area contributed by atoms with Gasteiger partial charge in [0, 0.05) is 38.4 Å². The molecular weight excluding hydrogens is 479 g/mol. The third-order valence-corrected chi connectivity index (χ3v) is 4.93. The molecule has 6 nitrogen and oxygen atoms in total. The Morgan fingerprint density at radius 1 is 1.10 bits per heavy atom. The third-order valence-electron chi connectivity index (χ3n) is 4.93. The standard InChI is InChI=1S/C22H30N4O2.HI/c1-3-23-22(24-17-21(27)18-8-7-11-20(16-18)28-2)26-14-12-25(13-15-26)19-9-5-4-6-10-19;/h4-11,16,21,27H,3,12-15,17H2,1-2H3,(H,23,24);1H. The third kappa shape index (κ3) is 6.50. The molecule has 2 aromatic carbocycles. The lowest BCUT2D eigenvalue weighted by Crippen LogP contribution is -2.52. The molecule has 0 aliphatic carbocycles. The predicted octanol–water partition coefficient (Wildman–Crippen LogP) is 3.13. The molecule has 7 heteroatoms. The van der Waals surface area contributed by atoms with Crippen LogP contribution in [0.2, 0.25) is 0 Å². The number of methoxy groups -OCH3 is 1. The molecule has 1 unspecified atom stereocenters. The lowest BCUT2D eigenvalue weighted by Gasteiger charge is -2.37. The average molecular weight is 510 g/mol. The van der Waals surface area contributed by atoms with Gasteiger partial charge in [0.05, 0.1) is 19.8 Å². The number of guanidine groups is 1. The van der Waals surface area contributed by atoms with E-state index >= 15 is 0 Å². The van der Waals surface area contributed by atoms with Crippen molar-refractivity contribution in [3.63, 3.8) is 0 Å². The van der Waals surface area contributed by atoms with Crippen molar-refractivity contribution in [2.75, 3.05) is 51.3 Å². The number of rotatable bonds is 6. The SMILES string of the molecule is CCNC(=NCC(O)c1cccc(OC)c1)N1CCN(c2ccccc2)CC1.I. The maximum atomic E-state index is 10.5. The van der Waals surface area contributed by atoms with Crippen LogP contribution in [0.5, 0.6) is 5.75 Å². The van der Waals surface area contributed by atoms with Gasteiger partial charge in [-0.25, -0.2) is 0 Å². The van der Waals surface area contributed by atoms with E-state index in [2.05, 4.69) is 51.3 Å². The zero-order valence-electron chi connectivity index (χ0n) is 17.1. The van der Waals surface area contributed by atoms with E-state index in [4.69, 9.17) is 4.74 Å². The quantitative estimate of drug-likeness (QED) is 0.356. The fourth-order valence-electron chi connectivity index (χ4n) is 3.37. The highest BCUT2D eigenvalue weighted by atomic mass is 127. The number of aliphatic hydroxyl groups excluding tert-OH is 1. The number of halogens is 1. The van der Waals surface area contributed by atoms with Gasteiger partial charge in [-0.3, -0.25) is 4.99 Å². The Balaban J connectivity index is 0.00000300. The zero-order chi connectivity index (χ0) is 19.8. The number of nitrogens with zero attached hydrogens (tertiary/aromatic N) is 3. The molecule has 158 valence electrons. The van der Waals surface area contributed by atoms with Gasteiger partial charge in [0.1, 0.15) is 5.75 Å². The Morgan fingerprint density at radius 2 is 1.83 bits per heavy atom. The number of aliphatic hydroxyl groups is 1. The van der Waals surface area contributed by atoms with E-state index in [1.165, 1.54) is 5.69 Å². The summed E-state index contributed by atoms with van der Waals surface area (Å²) < 4.78 is 5.24. The topological polar surface area (TPSA) is 60.3 Å². The van der Waals surface area contributed by atoms with Crippen LogP contribution in [0.1, 0.15) is 18.6 Å². The number of nitrogens with one attached hydrogen (secondary N) is 1. The molecule has 1 aliphatic heterocycles. The van der Waals surface area contributed by atoms with Gasteiger partial charge in [-0.15, -0.1) is 24.0 Å². The fraction of sp³-hybridized carbons (Fsp3) is 0.409. The van der Waals surface area contributed by atoms with Crippen LogP contribution in [0.15, 0.2) is 59.6 Å². The van der Waals surface area contributed by atoms with Crippen LogP contribution < -0.4 is 15.0 Å². The monoisotopic (exact) mass is 510 g/mol. The first-order valence-electron chi connectivity index (χ1n) is 9.86. The molecular formula is C22H31IN4O2. The van der Waals surface area contributed by atoms with Crippen LogP contribution in [-0.4, -0.2) is 62.3 Å². The lowest BCUT2D eigenvalue weighted by molar-refractivity contribution is 0.186. The maximum absolute atomic E-state index is 10.5. The second kappa shape index (κ2) is 11.9. The van der Waals surface area contributed by atoms with Crippen molar-refractivity contribution in [1.82, 2.24) is 10.2 Å². The Bertz CT molecular complexity index is 764. The van der Waals surface area contributed by atoms with Gasteiger partial charge in [0.2, 0.25) is 0 Å². The number of hydrogen-bond donors (Lipinski definition) is 2. The van der Waals surface area contributed by atoms with Crippen molar-refractivity contribution in [2.45, 2.75) is 13.0 Å². The minimum Gasteiger partial charge on any atom is -0.497 e. The number of benzene rings is 2. The summed E-state index contributed by atoms with van der Waals surface area (Å²) >= 11 is 0. The summed E-state index contributed by atoms with van der Waals surface area (Å²) in [6.45, 7) is 6.88. The normalized spacial score (nSPS) is 15.5. The molecule has 2 aromatic rings. The van der Waals surface area contributed by atoms with E-state index in [0.29, 0.717) is 6.54 Å².